The summed E-state index contributed by atoms with van der Waals surface area (Å²) >= 11 is 1.71. The summed E-state index contributed by atoms with van der Waals surface area (Å²) in [7, 11) is 0. The largest absolute Gasteiger partial charge is 0.332 e. The Hall–Kier alpha value is -2.14. The van der Waals surface area contributed by atoms with Gasteiger partial charge in [0.15, 0.2) is 0 Å². The van der Waals surface area contributed by atoms with Gasteiger partial charge < -0.3 is 9.80 Å². The molecule has 0 atom stereocenters. The second-order valence-electron chi connectivity index (χ2n) is 6.72. The molecule has 4 nitrogen and oxygen atoms in total. The Morgan fingerprint density at radius 2 is 1.69 bits per heavy atom. The molecule has 0 N–H and O–H groups in total. The molecule has 1 heterocycles. The van der Waals surface area contributed by atoms with Crippen LogP contribution < -0.4 is 0 Å². The van der Waals surface area contributed by atoms with Crippen molar-refractivity contribution >= 4 is 23.2 Å². The van der Waals surface area contributed by atoms with Crippen LogP contribution in [0, 0.1) is 6.92 Å². The first-order valence-electron chi connectivity index (χ1n) is 9.07. The van der Waals surface area contributed by atoms with Crippen molar-refractivity contribution in [2.24, 2.45) is 0 Å². The highest BCUT2D eigenvalue weighted by Gasteiger charge is 2.23. The van der Waals surface area contributed by atoms with E-state index in [1.165, 1.54) is 4.88 Å². The molecule has 2 aromatic rings. The molecular formula is C21H28N2O2S. The molecule has 0 saturated heterocycles. The normalized spacial score (nSPS) is 10.8. The van der Waals surface area contributed by atoms with Crippen LogP contribution in [0.15, 0.2) is 42.5 Å². The summed E-state index contributed by atoms with van der Waals surface area (Å²) in [6, 6.07) is 14.1. The van der Waals surface area contributed by atoms with E-state index < -0.39 is 0 Å². The Balaban J connectivity index is 2.17. The molecule has 0 aliphatic heterocycles. The van der Waals surface area contributed by atoms with Gasteiger partial charge in [-0.25, -0.2) is 0 Å². The maximum Gasteiger partial charge on any atom is 0.242 e. The molecule has 0 aliphatic carbocycles. The Kier molecular flexibility index (Phi) is 7.39. The zero-order chi connectivity index (χ0) is 19.1. The van der Waals surface area contributed by atoms with Gasteiger partial charge in [0.1, 0.15) is 0 Å². The number of amides is 2. The van der Waals surface area contributed by atoms with E-state index in [1.807, 2.05) is 56.0 Å². The van der Waals surface area contributed by atoms with Crippen LogP contribution in [0.2, 0.25) is 0 Å². The van der Waals surface area contributed by atoms with Crippen LogP contribution in [0.3, 0.4) is 0 Å². The summed E-state index contributed by atoms with van der Waals surface area (Å²) in [5.74, 6) is -0.00427. The number of carbonyl (C=O) groups is 2. The fourth-order valence-corrected chi connectivity index (χ4v) is 3.71. The summed E-state index contributed by atoms with van der Waals surface area (Å²) in [4.78, 5) is 31.1. The second-order valence-corrected chi connectivity index (χ2v) is 8.09. The van der Waals surface area contributed by atoms with E-state index in [0.29, 0.717) is 19.5 Å². The third kappa shape index (κ3) is 5.70. The Morgan fingerprint density at radius 1 is 1.00 bits per heavy atom. The third-order valence-corrected chi connectivity index (χ3v) is 5.25. The van der Waals surface area contributed by atoms with Gasteiger partial charge in [-0.15, -0.1) is 11.3 Å². The van der Waals surface area contributed by atoms with Crippen LogP contribution >= 0.6 is 11.3 Å². The Morgan fingerprint density at radius 3 is 2.23 bits per heavy atom. The van der Waals surface area contributed by atoms with Gasteiger partial charge in [-0.1, -0.05) is 37.3 Å². The lowest BCUT2D eigenvalue weighted by Crippen LogP contribution is -2.45. The summed E-state index contributed by atoms with van der Waals surface area (Å²) in [5.41, 5.74) is 1.09. The van der Waals surface area contributed by atoms with Crippen molar-refractivity contribution in [2.75, 3.05) is 6.54 Å². The molecule has 0 saturated carbocycles. The first-order valence-corrected chi connectivity index (χ1v) is 9.88. The standard InChI is InChI=1S/C21H28N2O2S/c1-5-20(24)23(16(2)3)15-21(25)22(13-18-9-7-6-8-10-18)14-19-12-11-17(4)26-19/h6-12,16H,5,13-15H2,1-4H3. The number of rotatable bonds is 8. The van der Waals surface area contributed by atoms with E-state index in [9.17, 15) is 9.59 Å². The molecule has 140 valence electrons. The van der Waals surface area contributed by atoms with Crippen molar-refractivity contribution in [3.05, 3.63) is 57.8 Å². The molecule has 2 rings (SSSR count). The number of hydrogen-bond acceptors (Lipinski definition) is 3. The van der Waals surface area contributed by atoms with Crippen molar-refractivity contribution in [3.63, 3.8) is 0 Å². The van der Waals surface area contributed by atoms with Gasteiger partial charge >= 0.3 is 0 Å². The van der Waals surface area contributed by atoms with Gasteiger partial charge in [-0.2, -0.15) is 0 Å². The lowest BCUT2D eigenvalue weighted by Gasteiger charge is -2.30. The highest BCUT2D eigenvalue weighted by Crippen LogP contribution is 2.19. The molecular weight excluding hydrogens is 344 g/mol. The van der Waals surface area contributed by atoms with Crippen LogP contribution in [0.25, 0.3) is 0 Å². The van der Waals surface area contributed by atoms with Gasteiger partial charge in [0, 0.05) is 28.8 Å². The fraction of sp³-hybridized carbons (Fsp3) is 0.429. The number of hydrogen-bond donors (Lipinski definition) is 0. The quantitative estimate of drug-likeness (QED) is 0.696. The zero-order valence-electron chi connectivity index (χ0n) is 16.1. The summed E-state index contributed by atoms with van der Waals surface area (Å²) < 4.78 is 0. The van der Waals surface area contributed by atoms with Crippen molar-refractivity contribution in [3.8, 4) is 0 Å². The Labute approximate surface area is 160 Å². The summed E-state index contributed by atoms with van der Waals surface area (Å²) in [6.45, 7) is 9.04. The SMILES string of the molecule is CCC(=O)N(CC(=O)N(Cc1ccccc1)Cc1ccc(C)s1)C(C)C. The van der Waals surface area contributed by atoms with Crippen molar-refractivity contribution in [1.82, 2.24) is 9.80 Å². The molecule has 26 heavy (non-hydrogen) atoms. The van der Waals surface area contributed by atoms with Gasteiger partial charge in [-0.05, 0) is 38.5 Å². The van der Waals surface area contributed by atoms with Crippen LogP contribution in [-0.4, -0.2) is 34.2 Å². The van der Waals surface area contributed by atoms with Crippen molar-refractivity contribution < 1.29 is 9.59 Å². The smallest absolute Gasteiger partial charge is 0.242 e. The molecule has 0 fully saturated rings. The predicted molar refractivity (Wildman–Crippen MR) is 107 cm³/mol. The molecule has 5 heteroatoms. The number of aryl methyl sites for hydroxylation is 1. The molecule has 2 amide bonds. The molecule has 1 aromatic carbocycles. The van der Waals surface area contributed by atoms with Gasteiger partial charge in [0.05, 0.1) is 13.1 Å². The average Bonchev–Trinajstić information content (AvgIpc) is 3.03. The summed E-state index contributed by atoms with van der Waals surface area (Å²) in [6.07, 6.45) is 0.411. The van der Waals surface area contributed by atoms with E-state index in [0.717, 1.165) is 10.4 Å². The Bertz CT molecular complexity index is 725. The van der Waals surface area contributed by atoms with Crippen LogP contribution in [0.1, 0.15) is 42.5 Å². The second kappa shape index (κ2) is 9.53. The van der Waals surface area contributed by atoms with Crippen molar-refractivity contribution in [2.45, 2.75) is 53.2 Å². The first-order chi connectivity index (χ1) is 12.4. The molecule has 0 radical (unpaired) electrons. The minimum atomic E-state index is -0.0181. The summed E-state index contributed by atoms with van der Waals surface area (Å²) in [5, 5.41) is 0. The minimum Gasteiger partial charge on any atom is -0.332 e. The van der Waals surface area contributed by atoms with Crippen LogP contribution in [-0.2, 0) is 22.7 Å². The average molecular weight is 373 g/mol. The monoisotopic (exact) mass is 372 g/mol. The molecule has 0 spiro atoms. The maximum atomic E-state index is 13.0. The zero-order valence-corrected chi connectivity index (χ0v) is 16.9. The van der Waals surface area contributed by atoms with E-state index in [2.05, 4.69) is 19.1 Å². The predicted octanol–water partition coefficient (Wildman–Crippen LogP) is 4.23. The molecule has 1 aromatic heterocycles. The molecule has 0 unspecified atom stereocenters. The lowest BCUT2D eigenvalue weighted by molar-refractivity contribution is -0.142. The number of carbonyl (C=O) groups excluding carboxylic acids is 2. The highest BCUT2D eigenvalue weighted by atomic mass is 32.1. The van der Waals surface area contributed by atoms with E-state index in [1.54, 1.807) is 16.2 Å². The minimum absolute atomic E-state index is 0.00829. The molecule has 0 bridgehead atoms. The first kappa shape index (κ1) is 20.2. The number of benzene rings is 1. The number of thiophene rings is 1. The third-order valence-electron chi connectivity index (χ3n) is 4.26. The fourth-order valence-electron chi connectivity index (χ4n) is 2.80. The highest BCUT2D eigenvalue weighted by molar-refractivity contribution is 7.11. The topological polar surface area (TPSA) is 40.6 Å². The van der Waals surface area contributed by atoms with Crippen molar-refractivity contribution in [1.29, 1.82) is 0 Å². The van der Waals surface area contributed by atoms with Gasteiger partial charge in [0.25, 0.3) is 0 Å². The molecule has 0 aliphatic rings. The van der Waals surface area contributed by atoms with E-state index in [-0.39, 0.29) is 24.4 Å². The number of nitrogens with zero attached hydrogens (tertiary/aromatic N) is 2. The van der Waals surface area contributed by atoms with Crippen LogP contribution in [0.5, 0.6) is 0 Å². The van der Waals surface area contributed by atoms with E-state index >= 15 is 0 Å². The van der Waals surface area contributed by atoms with Crippen LogP contribution in [0.4, 0.5) is 0 Å². The maximum absolute atomic E-state index is 13.0. The van der Waals surface area contributed by atoms with Gasteiger partial charge in [-0.3, -0.25) is 9.59 Å². The van der Waals surface area contributed by atoms with Gasteiger partial charge in [0.2, 0.25) is 11.8 Å². The lowest BCUT2D eigenvalue weighted by atomic mass is 10.2. The van der Waals surface area contributed by atoms with E-state index in [4.69, 9.17) is 0 Å².